The molecular weight excluding hydrogens is 336 g/mol. The van der Waals surface area contributed by atoms with Crippen LogP contribution in [0.4, 0.5) is 5.69 Å². The molecule has 0 spiro atoms. The quantitative estimate of drug-likeness (QED) is 0.750. The van der Waals surface area contributed by atoms with Gasteiger partial charge in [-0.1, -0.05) is 66.7 Å². The third-order valence-electron chi connectivity index (χ3n) is 4.50. The van der Waals surface area contributed by atoms with Crippen molar-refractivity contribution in [1.29, 1.82) is 0 Å². The summed E-state index contributed by atoms with van der Waals surface area (Å²) in [5, 5.41) is 5.76. The van der Waals surface area contributed by atoms with E-state index in [9.17, 15) is 9.59 Å². The van der Waals surface area contributed by atoms with Gasteiger partial charge in [0.2, 0.25) is 0 Å². The lowest BCUT2D eigenvalue weighted by Crippen LogP contribution is -2.42. The van der Waals surface area contributed by atoms with Gasteiger partial charge in [0.1, 0.15) is 6.04 Å². The molecule has 1 atom stereocenters. The van der Waals surface area contributed by atoms with E-state index in [2.05, 4.69) is 10.6 Å². The van der Waals surface area contributed by atoms with Crippen molar-refractivity contribution in [2.24, 2.45) is 0 Å². The number of hydrogen-bond acceptors (Lipinski definition) is 2. The summed E-state index contributed by atoms with van der Waals surface area (Å²) < 4.78 is 0. The first-order valence-corrected chi connectivity index (χ1v) is 8.76. The highest BCUT2D eigenvalue weighted by molar-refractivity contribution is 6.07. The number of benzene rings is 3. The van der Waals surface area contributed by atoms with Gasteiger partial charge in [-0.05, 0) is 35.4 Å². The molecule has 0 fully saturated rings. The van der Waals surface area contributed by atoms with E-state index in [1.165, 1.54) is 0 Å². The molecular formula is C23H18N2O2. The minimum atomic E-state index is -0.777. The third-order valence-corrected chi connectivity index (χ3v) is 4.50. The monoisotopic (exact) mass is 354 g/mol. The second-order valence-electron chi connectivity index (χ2n) is 6.30. The van der Waals surface area contributed by atoms with E-state index >= 15 is 0 Å². The van der Waals surface area contributed by atoms with Crippen molar-refractivity contribution in [2.75, 3.05) is 5.32 Å². The molecule has 132 valence electrons. The van der Waals surface area contributed by atoms with E-state index < -0.39 is 6.04 Å². The summed E-state index contributed by atoms with van der Waals surface area (Å²) in [6.07, 6.45) is 1.82. The van der Waals surface area contributed by atoms with Gasteiger partial charge in [0.15, 0.2) is 0 Å². The van der Waals surface area contributed by atoms with Gasteiger partial charge in [-0.25, -0.2) is 0 Å². The number of rotatable bonds is 3. The number of amides is 2. The summed E-state index contributed by atoms with van der Waals surface area (Å²) >= 11 is 0. The molecule has 3 aromatic carbocycles. The Labute approximate surface area is 157 Å². The Bertz CT molecular complexity index is 1010. The molecule has 0 saturated heterocycles. The van der Waals surface area contributed by atoms with Crippen molar-refractivity contribution in [3.63, 3.8) is 0 Å². The van der Waals surface area contributed by atoms with Gasteiger partial charge >= 0.3 is 0 Å². The molecule has 0 radical (unpaired) electrons. The van der Waals surface area contributed by atoms with Gasteiger partial charge < -0.3 is 10.6 Å². The van der Waals surface area contributed by atoms with Crippen molar-refractivity contribution >= 4 is 23.1 Å². The van der Waals surface area contributed by atoms with Crippen molar-refractivity contribution in [3.8, 4) is 0 Å². The van der Waals surface area contributed by atoms with E-state index in [0.717, 1.165) is 22.4 Å². The zero-order valence-electron chi connectivity index (χ0n) is 14.6. The summed E-state index contributed by atoms with van der Waals surface area (Å²) in [5.74, 6) is -0.553. The number of anilines is 1. The molecule has 2 amide bonds. The average Bonchev–Trinajstić information content (AvgIpc) is 2.86. The number of para-hydroxylation sites is 1. The lowest BCUT2D eigenvalue weighted by molar-refractivity contribution is -0.116. The predicted octanol–water partition coefficient (Wildman–Crippen LogP) is 3.87. The molecule has 1 aliphatic heterocycles. The predicted molar refractivity (Wildman–Crippen MR) is 106 cm³/mol. The largest absolute Gasteiger partial charge is 0.337 e. The maximum absolute atomic E-state index is 12.8. The molecule has 4 nitrogen and oxygen atoms in total. The van der Waals surface area contributed by atoms with Crippen LogP contribution < -0.4 is 10.6 Å². The normalized spacial score (nSPS) is 15.8. The highest BCUT2D eigenvalue weighted by Gasteiger charge is 2.25. The van der Waals surface area contributed by atoms with Crippen LogP contribution in [-0.4, -0.2) is 17.9 Å². The van der Waals surface area contributed by atoms with E-state index in [4.69, 9.17) is 0 Å². The number of hydrogen-bond donors (Lipinski definition) is 2. The maximum atomic E-state index is 12.8. The second-order valence-corrected chi connectivity index (χ2v) is 6.30. The van der Waals surface area contributed by atoms with Gasteiger partial charge in [0.05, 0.1) is 0 Å². The lowest BCUT2D eigenvalue weighted by Gasteiger charge is -2.14. The fourth-order valence-corrected chi connectivity index (χ4v) is 3.16. The molecule has 0 unspecified atom stereocenters. The second kappa shape index (κ2) is 7.30. The molecule has 2 N–H and O–H groups in total. The number of carbonyl (C=O) groups excluding carboxylic acids is 2. The van der Waals surface area contributed by atoms with Crippen molar-refractivity contribution < 1.29 is 9.59 Å². The highest BCUT2D eigenvalue weighted by atomic mass is 16.2. The summed E-state index contributed by atoms with van der Waals surface area (Å²) in [6, 6.07) is 25.6. The zero-order chi connectivity index (χ0) is 18.6. The SMILES string of the molecule is O=C(N[C@H]1C=C(c2ccccc2)c2ccccc2NC1=O)c1ccccc1. The number of nitrogens with one attached hydrogen (secondary N) is 2. The van der Waals surface area contributed by atoms with Crippen LogP contribution in [0.2, 0.25) is 0 Å². The maximum Gasteiger partial charge on any atom is 0.252 e. The smallest absolute Gasteiger partial charge is 0.252 e. The third kappa shape index (κ3) is 3.51. The number of fused-ring (bicyclic) bond motifs is 1. The minimum Gasteiger partial charge on any atom is -0.337 e. The molecule has 0 aliphatic carbocycles. The Morgan fingerprint density at radius 3 is 2.19 bits per heavy atom. The van der Waals surface area contributed by atoms with Crippen LogP contribution in [-0.2, 0) is 4.79 Å². The van der Waals surface area contributed by atoms with Crippen LogP contribution >= 0.6 is 0 Å². The average molecular weight is 354 g/mol. The van der Waals surface area contributed by atoms with E-state index in [1.54, 1.807) is 24.3 Å². The lowest BCUT2D eigenvalue weighted by atomic mass is 9.95. The van der Waals surface area contributed by atoms with E-state index in [0.29, 0.717) is 5.56 Å². The first-order valence-electron chi connectivity index (χ1n) is 8.76. The summed E-state index contributed by atoms with van der Waals surface area (Å²) in [7, 11) is 0. The fourth-order valence-electron chi connectivity index (χ4n) is 3.16. The van der Waals surface area contributed by atoms with E-state index in [-0.39, 0.29) is 11.8 Å². The van der Waals surface area contributed by atoms with Gasteiger partial charge in [0, 0.05) is 16.8 Å². The zero-order valence-corrected chi connectivity index (χ0v) is 14.6. The van der Waals surface area contributed by atoms with E-state index in [1.807, 2.05) is 66.7 Å². The molecule has 27 heavy (non-hydrogen) atoms. The topological polar surface area (TPSA) is 58.2 Å². The Morgan fingerprint density at radius 2 is 1.44 bits per heavy atom. The van der Waals surface area contributed by atoms with Crippen LogP contribution in [0.1, 0.15) is 21.5 Å². The van der Waals surface area contributed by atoms with Gasteiger partial charge in [-0.15, -0.1) is 0 Å². The van der Waals surface area contributed by atoms with Crippen LogP contribution in [0.3, 0.4) is 0 Å². The van der Waals surface area contributed by atoms with Crippen LogP contribution in [0.5, 0.6) is 0 Å². The highest BCUT2D eigenvalue weighted by Crippen LogP contribution is 2.32. The Kier molecular flexibility index (Phi) is 4.54. The molecule has 0 saturated carbocycles. The fraction of sp³-hybridized carbons (Fsp3) is 0.0435. The molecule has 1 heterocycles. The molecule has 3 aromatic rings. The summed E-state index contributed by atoms with van der Waals surface area (Å²) in [4.78, 5) is 25.3. The number of carbonyl (C=O) groups is 2. The van der Waals surface area contributed by atoms with Crippen molar-refractivity contribution in [3.05, 3.63) is 108 Å². The van der Waals surface area contributed by atoms with Crippen LogP contribution in [0.15, 0.2) is 91.0 Å². The van der Waals surface area contributed by atoms with Gasteiger partial charge in [0.25, 0.3) is 11.8 Å². The summed E-state index contributed by atoms with van der Waals surface area (Å²) in [6.45, 7) is 0. The first-order chi connectivity index (χ1) is 13.2. The Balaban J connectivity index is 1.74. The first kappa shape index (κ1) is 16.8. The molecule has 4 heteroatoms. The summed E-state index contributed by atoms with van der Waals surface area (Å²) in [5.41, 5.74) is 4.06. The van der Waals surface area contributed by atoms with Crippen LogP contribution in [0.25, 0.3) is 5.57 Å². The minimum absolute atomic E-state index is 0.266. The van der Waals surface area contributed by atoms with Crippen LogP contribution in [0, 0.1) is 0 Å². The van der Waals surface area contributed by atoms with Crippen molar-refractivity contribution in [1.82, 2.24) is 5.32 Å². The Hall–Kier alpha value is -3.66. The van der Waals surface area contributed by atoms with Gasteiger partial charge in [-0.2, -0.15) is 0 Å². The molecule has 0 aromatic heterocycles. The van der Waals surface area contributed by atoms with Gasteiger partial charge in [-0.3, -0.25) is 9.59 Å². The Morgan fingerprint density at radius 1 is 0.815 bits per heavy atom. The molecule has 4 rings (SSSR count). The molecule has 0 bridgehead atoms. The standard InChI is InChI=1S/C23H18N2O2/c26-22(17-11-5-2-6-12-17)25-21-15-19(16-9-3-1-4-10-16)18-13-7-8-14-20(18)24-23(21)27/h1-15,21H,(H,24,27)(H,25,26)/t21-/m0/s1. The molecule has 1 aliphatic rings. The van der Waals surface area contributed by atoms with Crippen molar-refractivity contribution in [2.45, 2.75) is 6.04 Å².